The van der Waals surface area contributed by atoms with E-state index in [0.29, 0.717) is 11.4 Å². The number of nitrogens with one attached hydrogen (secondary N) is 3. The van der Waals surface area contributed by atoms with E-state index in [0.717, 1.165) is 30.6 Å². The molecule has 138 valence electrons. The van der Waals surface area contributed by atoms with Gasteiger partial charge in [0.1, 0.15) is 6.54 Å². The number of anilines is 2. The van der Waals surface area contributed by atoms with Crippen LogP contribution in [0.1, 0.15) is 25.7 Å². The van der Waals surface area contributed by atoms with Gasteiger partial charge in [-0.3, -0.25) is 19.3 Å². The summed E-state index contributed by atoms with van der Waals surface area (Å²) >= 11 is 0. The van der Waals surface area contributed by atoms with Crippen molar-refractivity contribution in [3.8, 4) is 0 Å². The predicted octanol–water partition coefficient (Wildman–Crippen LogP) is 1.55. The average molecular weight is 358 g/mol. The number of carbonyl (C=O) groups is 4. The lowest BCUT2D eigenvalue weighted by atomic mass is 9.81. The molecule has 1 aromatic carbocycles. The van der Waals surface area contributed by atoms with Gasteiger partial charge < -0.3 is 16.0 Å². The van der Waals surface area contributed by atoms with E-state index in [2.05, 4.69) is 16.0 Å². The van der Waals surface area contributed by atoms with Crippen molar-refractivity contribution >= 4 is 35.1 Å². The van der Waals surface area contributed by atoms with Crippen molar-refractivity contribution in [3.63, 3.8) is 0 Å². The highest BCUT2D eigenvalue weighted by molar-refractivity contribution is 6.08. The van der Waals surface area contributed by atoms with E-state index in [1.54, 1.807) is 24.3 Å². The van der Waals surface area contributed by atoms with Crippen molar-refractivity contribution in [2.75, 3.05) is 24.2 Å². The van der Waals surface area contributed by atoms with Gasteiger partial charge in [0.15, 0.2) is 0 Å². The average Bonchev–Trinajstić information content (AvgIpc) is 2.88. The molecular formula is C18H22N4O4. The molecule has 2 fully saturated rings. The first-order valence-electron chi connectivity index (χ1n) is 8.73. The fourth-order valence-electron chi connectivity index (χ4n) is 3.56. The van der Waals surface area contributed by atoms with Gasteiger partial charge in [-0.2, -0.15) is 0 Å². The molecule has 2 atom stereocenters. The molecule has 1 saturated carbocycles. The second kappa shape index (κ2) is 7.55. The number of hydrogen-bond donors (Lipinski definition) is 3. The molecule has 8 nitrogen and oxygen atoms in total. The first-order chi connectivity index (χ1) is 12.5. The minimum absolute atomic E-state index is 0.222. The highest BCUT2D eigenvalue weighted by Crippen LogP contribution is 2.37. The van der Waals surface area contributed by atoms with Crippen molar-refractivity contribution in [1.29, 1.82) is 0 Å². The molecule has 2 unspecified atom stereocenters. The summed E-state index contributed by atoms with van der Waals surface area (Å²) < 4.78 is 0. The van der Waals surface area contributed by atoms with Crippen LogP contribution in [0.15, 0.2) is 24.3 Å². The maximum atomic E-state index is 12.4. The lowest BCUT2D eigenvalue weighted by molar-refractivity contribution is -0.142. The Morgan fingerprint density at radius 1 is 0.962 bits per heavy atom. The first-order valence-corrected chi connectivity index (χ1v) is 8.73. The van der Waals surface area contributed by atoms with Crippen LogP contribution in [0.25, 0.3) is 0 Å². The van der Waals surface area contributed by atoms with E-state index in [1.807, 2.05) is 0 Å². The van der Waals surface area contributed by atoms with Gasteiger partial charge >= 0.3 is 6.03 Å². The fraction of sp³-hybridized carbons (Fsp3) is 0.444. The number of rotatable bonds is 4. The summed E-state index contributed by atoms with van der Waals surface area (Å²) in [4.78, 5) is 49.4. The van der Waals surface area contributed by atoms with Gasteiger partial charge in [0.25, 0.3) is 0 Å². The number of benzene rings is 1. The molecule has 0 aromatic heterocycles. The van der Waals surface area contributed by atoms with Crippen molar-refractivity contribution in [3.05, 3.63) is 24.3 Å². The molecule has 1 heterocycles. The third-order valence-corrected chi connectivity index (χ3v) is 4.89. The molecule has 8 heteroatoms. The summed E-state index contributed by atoms with van der Waals surface area (Å²) in [6.07, 6.45) is 3.37. The smallest absolute Gasteiger partial charge is 0.318 e. The Bertz CT molecular complexity index is 707. The standard InChI is InChI=1S/C18H22N4O4/c1-19-18(26)21-12-8-6-11(7-9-12)20-15(23)10-22-16(24)13-4-2-3-5-14(13)17(22)25/h6-9,13-14H,2-5,10H2,1H3,(H,20,23)(H2,19,21,26). The predicted molar refractivity (Wildman–Crippen MR) is 95.3 cm³/mol. The van der Waals surface area contributed by atoms with Gasteiger partial charge in [-0.1, -0.05) is 12.8 Å². The Balaban J connectivity index is 1.58. The number of nitrogens with zero attached hydrogens (tertiary/aromatic N) is 1. The van der Waals surface area contributed by atoms with E-state index >= 15 is 0 Å². The Kier molecular flexibility index (Phi) is 5.20. The summed E-state index contributed by atoms with van der Waals surface area (Å²) in [6, 6.07) is 6.22. The number of urea groups is 1. The highest BCUT2D eigenvalue weighted by atomic mass is 16.2. The zero-order valence-corrected chi connectivity index (χ0v) is 14.6. The topological polar surface area (TPSA) is 108 Å². The van der Waals surface area contributed by atoms with Crippen molar-refractivity contribution in [2.45, 2.75) is 25.7 Å². The fourth-order valence-corrected chi connectivity index (χ4v) is 3.56. The number of imide groups is 1. The van der Waals surface area contributed by atoms with Crippen LogP contribution >= 0.6 is 0 Å². The van der Waals surface area contributed by atoms with E-state index in [1.165, 1.54) is 7.05 Å². The summed E-state index contributed by atoms with van der Waals surface area (Å²) in [5.74, 6) is -1.37. The van der Waals surface area contributed by atoms with Crippen molar-refractivity contribution in [1.82, 2.24) is 10.2 Å². The molecule has 2 aliphatic rings. The van der Waals surface area contributed by atoms with Gasteiger partial charge in [-0.25, -0.2) is 4.79 Å². The SMILES string of the molecule is CNC(=O)Nc1ccc(NC(=O)CN2C(=O)C3CCCCC3C2=O)cc1. The molecular weight excluding hydrogens is 336 g/mol. The van der Waals surface area contributed by atoms with Crippen molar-refractivity contribution < 1.29 is 19.2 Å². The molecule has 0 spiro atoms. The zero-order valence-electron chi connectivity index (χ0n) is 14.6. The van der Waals surface area contributed by atoms with E-state index in [4.69, 9.17) is 0 Å². The third-order valence-electron chi connectivity index (χ3n) is 4.89. The van der Waals surface area contributed by atoms with Crippen molar-refractivity contribution in [2.24, 2.45) is 11.8 Å². The Hall–Kier alpha value is -2.90. The molecule has 5 amide bonds. The third kappa shape index (κ3) is 3.68. The largest absolute Gasteiger partial charge is 0.341 e. The monoisotopic (exact) mass is 358 g/mol. The Morgan fingerprint density at radius 2 is 1.46 bits per heavy atom. The summed E-state index contributed by atoms with van der Waals surface area (Å²) in [5, 5.41) is 7.72. The maximum Gasteiger partial charge on any atom is 0.318 e. The van der Waals surface area contributed by atoms with Crippen LogP contribution in [0.4, 0.5) is 16.2 Å². The van der Waals surface area contributed by atoms with E-state index in [9.17, 15) is 19.2 Å². The first kappa shape index (κ1) is 17.9. The number of likely N-dealkylation sites (tertiary alicyclic amines) is 1. The molecule has 0 radical (unpaired) electrons. The number of fused-ring (bicyclic) bond motifs is 1. The summed E-state index contributed by atoms with van der Waals surface area (Å²) in [7, 11) is 1.51. The van der Waals surface area contributed by atoms with Gasteiger partial charge in [0, 0.05) is 18.4 Å². The van der Waals surface area contributed by atoms with Gasteiger partial charge in [-0.15, -0.1) is 0 Å². The molecule has 3 N–H and O–H groups in total. The minimum Gasteiger partial charge on any atom is -0.341 e. The molecule has 1 aromatic rings. The zero-order chi connectivity index (χ0) is 18.7. The highest BCUT2D eigenvalue weighted by Gasteiger charge is 2.48. The van der Waals surface area contributed by atoms with Crippen LogP contribution in [0.5, 0.6) is 0 Å². The van der Waals surface area contributed by atoms with Crippen LogP contribution in [-0.4, -0.2) is 42.2 Å². The maximum absolute atomic E-state index is 12.4. The molecule has 1 aliphatic heterocycles. The van der Waals surface area contributed by atoms with Gasteiger partial charge in [0.2, 0.25) is 17.7 Å². The van der Waals surface area contributed by atoms with Crippen LogP contribution in [0.2, 0.25) is 0 Å². The molecule has 3 rings (SSSR count). The number of hydrogen-bond acceptors (Lipinski definition) is 4. The van der Waals surface area contributed by atoms with Gasteiger partial charge in [0.05, 0.1) is 11.8 Å². The van der Waals surface area contributed by atoms with Crippen LogP contribution in [0, 0.1) is 11.8 Å². The second-order valence-electron chi connectivity index (χ2n) is 6.59. The van der Waals surface area contributed by atoms with Crippen LogP contribution < -0.4 is 16.0 Å². The lowest BCUT2D eigenvalue weighted by Gasteiger charge is -2.19. The van der Waals surface area contributed by atoms with Crippen LogP contribution in [0.3, 0.4) is 0 Å². The Morgan fingerprint density at radius 3 is 1.96 bits per heavy atom. The van der Waals surface area contributed by atoms with Crippen LogP contribution in [-0.2, 0) is 14.4 Å². The second-order valence-corrected chi connectivity index (χ2v) is 6.59. The number of carbonyl (C=O) groups excluding carboxylic acids is 4. The lowest BCUT2D eigenvalue weighted by Crippen LogP contribution is -2.38. The Labute approximate surface area is 151 Å². The minimum atomic E-state index is -0.419. The quantitative estimate of drug-likeness (QED) is 0.710. The van der Waals surface area contributed by atoms with E-state index in [-0.39, 0.29) is 36.2 Å². The molecule has 0 bridgehead atoms. The molecule has 1 aliphatic carbocycles. The van der Waals surface area contributed by atoms with Gasteiger partial charge in [-0.05, 0) is 37.1 Å². The number of amides is 5. The summed E-state index contributed by atoms with van der Waals surface area (Å²) in [5.41, 5.74) is 1.10. The molecule has 1 saturated heterocycles. The molecule has 26 heavy (non-hydrogen) atoms. The van der Waals surface area contributed by atoms with E-state index < -0.39 is 5.91 Å². The normalized spacial score (nSPS) is 22.0. The summed E-state index contributed by atoms with van der Waals surface area (Å²) in [6.45, 7) is -0.261.